The lowest BCUT2D eigenvalue weighted by Crippen LogP contribution is -2.25. The average molecular weight is 456 g/mol. The van der Waals surface area contributed by atoms with Crippen molar-refractivity contribution in [1.29, 1.82) is 0 Å². The Bertz CT molecular complexity index is 1240. The first-order valence-corrected chi connectivity index (χ1v) is 12.1. The van der Waals surface area contributed by atoms with Crippen LogP contribution in [0.25, 0.3) is 11.0 Å². The van der Waals surface area contributed by atoms with Crippen molar-refractivity contribution in [2.75, 3.05) is 6.61 Å². The van der Waals surface area contributed by atoms with E-state index in [-0.39, 0.29) is 5.91 Å². The molecule has 0 aliphatic carbocycles. The molecule has 3 aromatic carbocycles. The van der Waals surface area contributed by atoms with Crippen LogP contribution in [0.2, 0.25) is 0 Å². The number of amides is 1. The Kier molecular flexibility index (Phi) is 7.63. The van der Waals surface area contributed by atoms with Crippen molar-refractivity contribution in [1.82, 2.24) is 14.9 Å². The van der Waals surface area contributed by atoms with Gasteiger partial charge in [0.2, 0.25) is 0 Å². The van der Waals surface area contributed by atoms with Gasteiger partial charge in [-0.1, -0.05) is 55.8 Å². The first-order valence-electron chi connectivity index (χ1n) is 12.1. The normalized spacial score (nSPS) is 12.0. The maximum atomic E-state index is 12.6. The van der Waals surface area contributed by atoms with Crippen LogP contribution in [0.4, 0.5) is 0 Å². The van der Waals surface area contributed by atoms with Gasteiger partial charge in [0.25, 0.3) is 5.91 Å². The van der Waals surface area contributed by atoms with Crippen LogP contribution < -0.4 is 10.1 Å². The van der Waals surface area contributed by atoms with Crippen LogP contribution in [-0.2, 0) is 13.1 Å². The summed E-state index contributed by atoms with van der Waals surface area (Å²) in [5.74, 6) is 2.22. The van der Waals surface area contributed by atoms with E-state index in [2.05, 4.69) is 54.1 Å². The summed E-state index contributed by atoms with van der Waals surface area (Å²) in [4.78, 5) is 17.4. The van der Waals surface area contributed by atoms with E-state index in [1.807, 2.05) is 49.4 Å². The van der Waals surface area contributed by atoms with Crippen LogP contribution in [0.3, 0.4) is 0 Å². The second kappa shape index (κ2) is 11.0. The predicted octanol–water partition coefficient (Wildman–Crippen LogP) is 6.26. The van der Waals surface area contributed by atoms with Gasteiger partial charge in [0.05, 0.1) is 24.2 Å². The molecule has 0 bridgehead atoms. The summed E-state index contributed by atoms with van der Waals surface area (Å²) in [5, 5.41) is 3.03. The Hall–Kier alpha value is -3.60. The zero-order valence-electron chi connectivity index (χ0n) is 20.3. The summed E-state index contributed by atoms with van der Waals surface area (Å²) in [5.41, 5.74) is 5.07. The van der Waals surface area contributed by atoms with E-state index in [1.165, 1.54) is 5.56 Å². The number of nitrogens with one attached hydrogen (secondary N) is 1. The van der Waals surface area contributed by atoms with Crippen LogP contribution >= 0.6 is 0 Å². The lowest BCUT2D eigenvalue weighted by molar-refractivity contribution is 0.0949. The molecule has 0 aliphatic heterocycles. The minimum absolute atomic E-state index is 0.0912. The fourth-order valence-corrected chi connectivity index (χ4v) is 4.10. The molecule has 5 heteroatoms. The van der Waals surface area contributed by atoms with Crippen molar-refractivity contribution in [3.8, 4) is 5.75 Å². The maximum absolute atomic E-state index is 12.6. The summed E-state index contributed by atoms with van der Waals surface area (Å²) in [6.07, 6.45) is 1.97. The van der Waals surface area contributed by atoms with E-state index in [0.717, 1.165) is 47.6 Å². The zero-order chi connectivity index (χ0) is 23.9. The van der Waals surface area contributed by atoms with Crippen LogP contribution in [0.15, 0.2) is 72.8 Å². The molecule has 4 rings (SSSR count). The fourth-order valence-electron chi connectivity index (χ4n) is 4.10. The average Bonchev–Trinajstić information content (AvgIpc) is 3.22. The molecule has 0 saturated heterocycles. The van der Waals surface area contributed by atoms with Crippen molar-refractivity contribution in [3.63, 3.8) is 0 Å². The number of rotatable bonds is 10. The smallest absolute Gasteiger partial charge is 0.251 e. The molecular weight excluding hydrogens is 422 g/mol. The van der Waals surface area contributed by atoms with Crippen molar-refractivity contribution in [2.45, 2.75) is 52.6 Å². The number of aromatic nitrogens is 2. The minimum Gasteiger partial charge on any atom is -0.494 e. The Balaban J connectivity index is 1.38. The number of carbonyl (C=O) groups is 1. The largest absolute Gasteiger partial charge is 0.494 e. The number of imidazole rings is 1. The van der Waals surface area contributed by atoms with Gasteiger partial charge in [0.1, 0.15) is 11.6 Å². The summed E-state index contributed by atoms with van der Waals surface area (Å²) in [6.45, 7) is 8.19. The first-order chi connectivity index (χ1) is 16.5. The number of fused-ring (bicyclic) bond motifs is 1. The lowest BCUT2D eigenvalue weighted by Gasteiger charge is -2.12. The second-order valence-corrected chi connectivity index (χ2v) is 8.80. The third-order valence-corrected chi connectivity index (χ3v) is 6.28. The number of hydrogen-bond acceptors (Lipinski definition) is 3. The molecule has 1 N–H and O–H groups in total. The van der Waals surface area contributed by atoms with Crippen molar-refractivity contribution < 1.29 is 9.53 Å². The molecule has 4 aromatic rings. The molecule has 1 atom stereocenters. The molecule has 0 saturated carbocycles. The molecule has 1 unspecified atom stereocenters. The van der Waals surface area contributed by atoms with Gasteiger partial charge in [-0.2, -0.15) is 0 Å². The number of para-hydroxylation sites is 2. The van der Waals surface area contributed by atoms with E-state index in [4.69, 9.17) is 9.72 Å². The predicted molar refractivity (Wildman–Crippen MR) is 137 cm³/mol. The highest BCUT2D eigenvalue weighted by atomic mass is 16.5. The molecular formula is C29H33N3O2. The Morgan fingerprint density at radius 2 is 1.85 bits per heavy atom. The van der Waals surface area contributed by atoms with Crippen molar-refractivity contribution in [3.05, 3.63) is 95.3 Å². The monoisotopic (exact) mass is 455 g/mol. The molecule has 0 fully saturated rings. The molecule has 1 heterocycles. The van der Waals surface area contributed by atoms with Crippen molar-refractivity contribution >= 4 is 16.9 Å². The van der Waals surface area contributed by atoms with Gasteiger partial charge in [-0.3, -0.25) is 4.79 Å². The number of ether oxygens (including phenoxy) is 1. The molecule has 1 aromatic heterocycles. The topological polar surface area (TPSA) is 56.1 Å². The molecule has 1 amide bonds. The van der Waals surface area contributed by atoms with E-state index >= 15 is 0 Å². The highest BCUT2D eigenvalue weighted by Gasteiger charge is 2.13. The number of nitrogens with zero attached hydrogens (tertiary/aromatic N) is 2. The van der Waals surface area contributed by atoms with E-state index in [1.54, 1.807) is 0 Å². The van der Waals surface area contributed by atoms with Gasteiger partial charge in [-0.25, -0.2) is 4.98 Å². The Morgan fingerprint density at radius 3 is 2.62 bits per heavy atom. The second-order valence-electron chi connectivity index (χ2n) is 8.80. The number of carbonyl (C=O) groups excluding carboxylic acids is 1. The molecule has 5 nitrogen and oxygen atoms in total. The molecule has 34 heavy (non-hydrogen) atoms. The highest BCUT2D eigenvalue weighted by Crippen LogP contribution is 2.22. The number of aryl methyl sites for hydroxylation is 2. The third kappa shape index (κ3) is 5.66. The number of benzene rings is 3. The van der Waals surface area contributed by atoms with Gasteiger partial charge in [0.15, 0.2) is 0 Å². The highest BCUT2D eigenvalue weighted by molar-refractivity contribution is 5.94. The Labute approximate surface area is 201 Å². The summed E-state index contributed by atoms with van der Waals surface area (Å²) in [6, 6.07) is 24.1. The molecule has 0 aliphatic rings. The van der Waals surface area contributed by atoms with Gasteiger partial charge >= 0.3 is 0 Å². The molecule has 0 spiro atoms. The number of hydrogen-bond donors (Lipinski definition) is 1. The van der Waals surface area contributed by atoms with Crippen molar-refractivity contribution in [2.24, 2.45) is 0 Å². The van der Waals surface area contributed by atoms with Crippen LogP contribution in [0.1, 0.15) is 59.9 Å². The van der Waals surface area contributed by atoms with Crippen LogP contribution in [-0.4, -0.2) is 22.1 Å². The molecule has 176 valence electrons. The van der Waals surface area contributed by atoms with E-state index in [9.17, 15) is 4.79 Å². The van der Waals surface area contributed by atoms with E-state index in [0.29, 0.717) is 24.6 Å². The van der Waals surface area contributed by atoms with Crippen LogP contribution in [0.5, 0.6) is 5.75 Å². The standard InChI is InChI=1S/C29H33N3O2/c1-4-22(3)23-13-15-25(16-14-23)34-18-8-17-32-27-12-6-5-11-26(27)31-28(32)20-30-29(33)24-10-7-9-21(2)19-24/h5-7,9-16,19,22H,4,8,17-18,20H2,1-3H3,(H,30,33). The lowest BCUT2D eigenvalue weighted by atomic mass is 9.99. The zero-order valence-corrected chi connectivity index (χ0v) is 20.3. The summed E-state index contributed by atoms with van der Waals surface area (Å²) in [7, 11) is 0. The molecule has 0 radical (unpaired) electrons. The van der Waals surface area contributed by atoms with Gasteiger partial charge < -0.3 is 14.6 Å². The SMILES string of the molecule is CCC(C)c1ccc(OCCCn2c(CNC(=O)c3cccc(C)c3)nc3ccccc32)cc1. The quantitative estimate of drug-likeness (QED) is 0.287. The first kappa shape index (κ1) is 23.6. The Morgan fingerprint density at radius 1 is 1.06 bits per heavy atom. The van der Waals surface area contributed by atoms with Gasteiger partial charge in [0, 0.05) is 12.1 Å². The summed E-state index contributed by atoms with van der Waals surface area (Å²) < 4.78 is 8.17. The minimum atomic E-state index is -0.0912. The third-order valence-electron chi connectivity index (χ3n) is 6.28. The van der Waals surface area contributed by atoms with Gasteiger partial charge in [-0.05, 0) is 67.6 Å². The fraction of sp³-hybridized carbons (Fsp3) is 0.310. The van der Waals surface area contributed by atoms with E-state index < -0.39 is 0 Å². The maximum Gasteiger partial charge on any atom is 0.251 e. The van der Waals surface area contributed by atoms with Crippen LogP contribution in [0, 0.1) is 6.92 Å². The van der Waals surface area contributed by atoms with Gasteiger partial charge in [-0.15, -0.1) is 0 Å². The summed E-state index contributed by atoms with van der Waals surface area (Å²) >= 11 is 0.